The number of oxime groups is 1. The van der Waals surface area contributed by atoms with Crippen molar-refractivity contribution in [3.05, 3.63) is 0 Å². The monoisotopic (exact) mass is 257 g/mol. The summed E-state index contributed by atoms with van der Waals surface area (Å²) in [5.41, 5.74) is 5.41. The molecule has 0 radical (unpaired) electrons. The van der Waals surface area contributed by atoms with Gasteiger partial charge in [0.25, 0.3) is 0 Å². The average Bonchev–Trinajstić information content (AvgIpc) is 2.25. The maximum atomic E-state index is 9.08. The lowest BCUT2D eigenvalue weighted by Gasteiger charge is -2.37. The first-order valence-electron chi connectivity index (χ1n) is 6.84. The second-order valence-corrected chi connectivity index (χ2v) is 5.82. The first-order valence-corrected chi connectivity index (χ1v) is 6.84. The minimum atomic E-state index is -0.265. The maximum Gasteiger partial charge on any atom is 0.144 e. The molecule has 0 saturated heterocycles. The number of amidine groups is 1. The Morgan fingerprint density at radius 2 is 2.06 bits per heavy atom. The van der Waals surface area contributed by atoms with Gasteiger partial charge in [0.15, 0.2) is 0 Å². The molecular weight excluding hydrogens is 230 g/mol. The zero-order chi connectivity index (χ0) is 13.6. The third-order valence-electron chi connectivity index (χ3n) is 4.03. The molecule has 0 unspecified atom stereocenters. The molecule has 0 aromatic rings. The van der Waals surface area contributed by atoms with Crippen molar-refractivity contribution in [2.45, 2.75) is 52.0 Å². The van der Waals surface area contributed by atoms with Gasteiger partial charge in [0.1, 0.15) is 5.84 Å². The van der Waals surface area contributed by atoms with Crippen LogP contribution in [0.4, 0.5) is 0 Å². The van der Waals surface area contributed by atoms with Crippen molar-refractivity contribution in [1.82, 2.24) is 4.90 Å². The van der Waals surface area contributed by atoms with Crippen LogP contribution < -0.4 is 5.73 Å². The topological polar surface area (TPSA) is 82.1 Å². The smallest absolute Gasteiger partial charge is 0.144 e. The van der Waals surface area contributed by atoms with Gasteiger partial charge >= 0.3 is 0 Å². The normalized spacial score (nSPS) is 18.1. The molecule has 0 amide bonds. The number of hydrogen-bond acceptors (Lipinski definition) is 4. The largest absolute Gasteiger partial charge is 0.409 e. The van der Waals surface area contributed by atoms with Crippen LogP contribution in [0.1, 0.15) is 46.0 Å². The van der Waals surface area contributed by atoms with Crippen molar-refractivity contribution < 1.29 is 10.3 Å². The number of aliphatic hydroxyl groups excluding tert-OH is 1. The Kier molecular flexibility index (Phi) is 5.88. The summed E-state index contributed by atoms with van der Waals surface area (Å²) in [6.45, 7) is 5.94. The van der Waals surface area contributed by atoms with E-state index < -0.39 is 0 Å². The van der Waals surface area contributed by atoms with Gasteiger partial charge in [-0.25, -0.2) is 0 Å². The van der Waals surface area contributed by atoms with Gasteiger partial charge in [-0.1, -0.05) is 25.4 Å². The van der Waals surface area contributed by atoms with Crippen molar-refractivity contribution >= 4 is 5.84 Å². The second-order valence-electron chi connectivity index (χ2n) is 5.82. The predicted molar refractivity (Wildman–Crippen MR) is 72.7 cm³/mol. The van der Waals surface area contributed by atoms with Crippen molar-refractivity contribution in [1.29, 1.82) is 0 Å². The van der Waals surface area contributed by atoms with Gasteiger partial charge in [0.2, 0.25) is 0 Å². The lowest BCUT2D eigenvalue weighted by Crippen LogP contribution is -2.42. The molecule has 0 aromatic heterocycles. The van der Waals surface area contributed by atoms with E-state index in [0.717, 1.165) is 25.9 Å². The van der Waals surface area contributed by atoms with Crippen molar-refractivity contribution in [3.8, 4) is 0 Å². The summed E-state index contributed by atoms with van der Waals surface area (Å²) in [7, 11) is 0. The maximum absolute atomic E-state index is 9.08. The first kappa shape index (κ1) is 15.2. The summed E-state index contributed by atoms with van der Waals surface area (Å²) in [4.78, 5) is 2.37. The van der Waals surface area contributed by atoms with Crippen LogP contribution in [-0.2, 0) is 0 Å². The molecule has 0 aliphatic heterocycles. The Morgan fingerprint density at radius 1 is 1.39 bits per heavy atom. The van der Waals surface area contributed by atoms with Gasteiger partial charge < -0.3 is 16.0 Å². The molecule has 0 aromatic carbocycles. The van der Waals surface area contributed by atoms with Crippen molar-refractivity contribution in [3.63, 3.8) is 0 Å². The molecule has 1 rings (SSSR count). The fourth-order valence-corrected chi connectivity index (χ4v) is 2.34. The van der Waals surface area contributed by atoms with E-state index in [1.165, 1.54) is 19.3 Å². The molecule has 18 heavy (non-hydrogen) atoms. The highest BCUT2D eigenvalue weighted by Crippen LogP contribution is 2.27. The van der Waals surface area contributed by atoms with Crippen molar-refractivity contribution in [2.75, 3.05) is 19.7 Å². The van der Waals surface area contributed by atoms with Crippen LogP contribution in [-0.4, -0.2) is 46.8 Å². The Morgan fingerprint density at radius 3 is 2.50 bits per heavy atom. The van der Waals surface area contributed by atoms with E-state index in [9.17, 15) is 0 Å². The molecule has 4 N–H and O–H groups in total. The quantitative estimate of drug-likeness (QED) is 0.265. The number of aliphatic hydroxyl groups is 1. The zero-order valence-corrected chi connectivity index (χ0v) is 11.6. The van der Waals surface area contributed by atoms with Crippen LogP contribution in [0.25, 0.3) is 0 Å². The Balaban J connectivity index is 2.33. The Labute approximate surface area is 110 Å². The molecular formula is C13H27N3O2. The number of nitrogens with zero attached hydrogens (tertiary/aromatic N) is 2. The molecule has 1 fully saturated rings. The Hall–Kier alpha value is -0.810. The van der Waals surface area contributed by atoms with E-state index in [1.54, 1.807) is 0 Å². The van der Waals surface area contributed by atoms with E-state index in [1.807, 2.05) is 13.8 Å². The van der Waals surface area contributed by atoms with E-state index in [2.05, 4.69) is 10.1 Å². The molecule has 5 heteroatoms. The lowest BCUT2D eigenvalue weighted by atomic mass is 9.86. The third kappa shape index (κ3) is 4.14. The first-order chi connectivity index (χ1) is 8.51. The van der Waals surface area contributed by atoms with E-state index in [4.69, 9.17) is 16.0 Å². The van der Waals surface area contributed by atoms with Crippen LogP contribution in [0, 0.1) is 5.41 Å². The molecule has 1 aliphatic rings. The minimum Gasteiger partial charge on any atom is -0.409 e. The minimum absolute atomic E-state index is 0.222. The summed E-state index contributed by atoms with van der Waals surface area (Å²) >= 11 is 0. The van der Waals surface area contributed by atoms with Crippen molar-refractivity contribution in [2.24, 2.45) is 16.3 Å². The molecule has 5 nitrogen and oxygen atoms in total. The average molecular weight is 257 g/mol. The van der Waals surface area contributed by atoms with Gasteiger partial charge in [-0.2, -0.15) is 0 Å². The van der Waals surface area contributed by atoms with E-state index >= 15 is 0 Å². The predicted octanol–water partition coefficient (Wildman–Crippen LogP) is 1.39. The van der Waals surface area contributed by atoms with Crippen LogP contribution in [0.15, 0.2) is 5.16 Å². The third-order valence-corrected chi connectivity index (χ3v) is 4.03. The highest BCUT2D eigenvalue weighted by atomic mass is 16.4. The zero-order valence-electron chi connectivity index (χ0n) is 11.6. The van der Waals surface area contributed by atoms with Gasteiger partial charge in [0.05, 0.1) is 6.61 Å². The standard InChI is InChI=1S/C13H27N3O2/c1-13(2,12(14)15-18)7-4-8-16(9-10-17)11-5-3-6-11/h11,17-18H,3-10H2,1-2H3,(H2,14,15). The van der Waals surface area contributed by atoms with Gasteiger partial charge in [-0.3, -0.25) is 4.90 Å². The summed E-state index contributed by atoms with van der Waals surface area (Å²) in [6, 6.07) is 0.657. The summed E-state index contributed by atoms with van der Waals surface area (Å²) < 4.78 is 0. The van der Waals surface area contributed by atoms with Crippen LogP contribution in [0.2, 0.25) is 0 Å². The molecule has 0 heterocycles. The highest BCUT2D eigenvalue weighted by molar-refractivity contribution is 5.85. The molecule has 0 bridgehead atoms. The van der Waals surface area contributed by atoms with E-state index in [0.29, 0.717) is 11.9 Å². The number of nitrogens with two attached hydrogens (primary N) is 1. The SMILES string of the molecule is CC(C)(CCCN(CCO)C1CCC1)C(N)=NO. The molecule has 106 valence electrons. The lowest BCUT2D eigenvalue weighted by molar-refractivity contribution is 0.0976. The summed E-state index contributed by atoms with van der Waals surface area (Å²) in [5, 5.41) is 20.9. The van der Waals surface area contributed by atoms with E-state index in [-0.39, 0.29) is 12.0 Å². The molecule has 0 atom stereocenters. The molecule has 1 aliphatic carbocycles. The van der Waals surface area contributed by atoms with Crippen LogP contribution in [0.3, 0.4) is 0 Å². The van der Waals surface area contributed by atoms with Gasteiger partial charge in [-0.15, -0.1) is 0 Å². The Bertz CT molecular complexity index is 275. The number of rotatable bonds is 8. The van der Waals surface area contributed by atoms with Gasteiger partial charge in [-0.05, 0) is 32.2 Å². The van der Waals surface area contributed by atoms with Gasteiger partial charge in [0, 0.05) is 18.0 Å². The van der Waals surface area contributed by atoms with Crippen LogP contribution in [0.5, 0.6) is 0 Å². The fraction of sp³-hybridized carbons (Fsp3) is 0.923. The summed E-state index contributed by atoms with van der Waals surface area (Å²) in [6.07, 6.45) is 5.70. The molecule has 0 spiro atoms. The second kappa shape index (κ2) is 6.95. The number of hydrogen-bond donors (Lipinski definition) is 3. The fourth-order valence-electron chi connectivity index (χ4n) is 2.34. The summed E-state index contributed by atoms with van der Waals surface area (Å²) in [5.74, 6) is 0.292. The van der Waals surface area contributed by atoms with Crippen LogP contribution >= 0.6 is 0 Å². The molecule has 1 saturated carbocycles. The highest BCUT2D eigenvalue weighted by Gasteiger charge is 2.26.